The molecule has 0 aromatic heterocycles. The quantitative estimate of drug-likeness (QED) is 0.729. The summed E-state index contributed by atoms with van der Waals surface area (Å²) in [5.41, 5.74) is 0.401. The molecule has 1 aromatic carbocycles. The summed E-state index contributed by atoms with van der Waals surface area (Å²) in [4.78, 5) is 43.9. The molecule has 3 amide bonds. The number of rotatable bonds is 3. The lowest BCUT2D eigenvalue weighted by Gasteiger charge is -2.39. The van der Waals surface area contributed by atoms with Crippen LogP contribution in [0, 0.1) is 5.92 Å². The number of carbonyl (C=O) groups is 3. The maximum Gasteiger partial charge on any atom is 0.254 e. The zero-order valence-corrected chi connectivity index (χ0v) is 17.8. The Morgan fingerprint density at radius 3 is 1.90 bits per heavy atom. The van der Waals surface area contributed by atoms with Gasteiger partial charge < -0.3 is 14.7 Å². The number of likely N-dealkylation sites (tertiary alicyclic amines) is 1. The molecular formula is C21H25Cl2N3O3. The average Bonchev–Trinajstić information content (AvgIpc) is 3.14. The van der Waals surface area contributed by atoms with Gasteiger partial charge in [-0.15, -0.1) is 0 Å². The highest BCUT2D eigenvalue weighted by Gasteiger charge is 2.39. The first-order chi connectivity index (χ1) is 13.9. The van der Waals surface area contributed by atoms with E-state index in [2.05, 4.69) is 0 Å². The van der Waals surface area contributed by atoms with Crippen LogP contribution < -0.4 is 0 Å². The number of halogens is 2. The zero-order chi connectivity index (χ0) is 20.5. The van der Waals surface area contributed by atoms with E-state index in [1.165, 1.54) is 0 Å². The van der Waals surface area contributed by atoms with Crippen molar-refractivity contribution >= 4 is 40.9 Å². The first kappa shape index (κ1) is 20.5. The molecule has 1 aromatic rings. The predicted molar refractivity (Wildman–Crippen MR) is 111 cm³/mol. The van der Waals surface area contributed by atoms with Crippen molar-refractivity contribution in [2.45, 2.75) is 38.1 Å². The van der Waals surface area contributed by atoms with Gasteiger partial charge >= 0.3 is 0 Å². The minimum Gasteiger partial charge on any atom is -0.339 e. The summed E-state index contributed by atoms with van der Waals surface area (Å²) in [6.07, 6.45) is 4.56. The van der Waals surface area contributed by atoms with Gasteiger partial charge in [0.15, 0.2) is 0 Å². The fourth-order valence-corrected chi connectivity index (χ4v) is 4.91. The number of hydrogen-bond donors (Lipinski definition) is 0. The molecule has 4 rings (SSSR count). The third-order valence-electron chi connectivity index (χ3n) is 6.27. The van der Waals surface area contributed by atoms with Gasteiger partial charge in [0.1, 0.15) is 6.04 Å². The Morgan fingerprint density at radius 1 is 0.759 bits per heavy atom. The summed E-state index contributed by atoms with van der Waals surface area (Å²) in [5.74, 6) is 0.173. The van der Waals surface area contributed by atoms with Crippen molar-refractivity contribution in [1.82, 2.24) is 14.7 Å². The van der Waals surface area contributed by atoms with Crippen LogP contribution in [0.2, 0.25) is 10.0 Å². The molecule has 1 atom stereocenters. The van der Waals surface area contributed by atoms with E-state index < -0.39 is 6.04 Å². The van der Waals surface area contributed by atoms with Gasteiger partial charge in [-0.3, -0.25) is 14.4 Å². The van der Waals surface area contributed by atoms with Gasteiger partial charge in [-0.25, -0.2) is 0 Å². The molecule has 3 aliphatic rings. The number of amides is 3. The van der Waals surface area contributed by atoms with Gasteiger partial charge in [0, 0.05) is 54.3 Å². The van der Waals surface area contributed by atoms with Crippen LogP contribution in [0.5, 0.6) is 0 Å². The summed E-state index contributed by atoms with van der Waals surface area (Å²) < 4.78 is 0. The van der Waals surface area contributed by atoms with E-state index in [9.17, 15) is 14.4 Å². The Hall–Kier alpha value is -1.79. The lowest BCUT2D eigenvalue weighted by atomic mass is 9.84. The van der Waals surface area contributed by atoms with Crippen molar-refractivity contribution in [2.24, 2.45) is 5.92 Å². The van der Waals surface area contributed by atoms with Crippen LogP contribution in [0.1, 0.15) is 42.5 Å². The van der Waals surface area contributed by atoms with Crippen LogP contribution in [0.3, 0.4) is 0 Å². The van der Waals surface area contributed by atoms with Crippen molar-refractivity contribution in [3.05, 3.63) is 33.8 Å². The second-order valence-corrected chi connectivity index (χ2v) is 8.97. The van der Waals surface area contributed by atoms with Crippen LogP contribution in [-0.2, 0) is 9.59 Å². The lowest BCUT2D eigenvalue weighted by molar-refractivity contribution is -0.145. The Labute approximate surface area is 180 Å². The maximum atomic E-state index is 13.1. The highest BCUT2D eigenvalue weighted by Crippen LogP contribution is 2.29. The van der Waals surface area contributed by atoms with Crippen molar-refractivity contribution in [2.75, 3.05) is 32.7 Å². The molecule has 2 saturated heterocycles. The van der Waals surface area contributed by atoms with Gasteiger partial charge in [-0.2, -0.15) is 0 Å². The van der Waals surface area contributed by atoms with E-state index in [0.29, 0.717) is 54.8 Å². The minimum absolute atomic E-state index is 0.0280. The smallest absolute Gasteiger partial charge is 0.254 e. The molecule has 156 valence electrons. The Balaban J connectivity index is 1.39. The number of piperazine rings is 1. The maximum absolute atomic E-state index is 13.1. The van der Waals surface area contributed by atoms with E-state index in [1.54, 1.807) is 28.0 Å². The lowest BCUT2D eigenvalue weighted by Crippen LogP contribution is -2.56. The summed E-state index contributed by atoms with van der Waals surface area (Å²) in [5, 5.41) is 0.797. The summed E-state index contributed by atoms with van der Waals surface area (Å²) in [6, 6.07) is 4.28. The molecule has 1 aliphatic carbocycles. The molecule has 2 aliphatic heterocycles. The van der Waals surface area contributed by atoms with E-state index in [0.717, 1.165) is 25.7 Å². The van der Waals surface area contributed by atoms with Crippen LogP contribution in [0.4, 0.5) is 0 Å². The molecule has 8 heteroatoms. The minimum atomic E-state index is -0.464. The van der Waals surface area contributed by atoms with E-state index >= 15 is 0 Å². The topological polar surface area (TPSA) is 60.9 Å². The molecule has 1 saturated carbocycles. The highest BCUT2D eigenvalue weighted by molar-refractivity contribution is 6.35. The molecule has 0 bridgehead atoms. The number of benzene rings is 1. The Morgan fingerprint density at radius 2 is 1.34 bits per heavy atom. The Kier molecular flexibility index (Phi) is 6.02. The predicted octanol–water partition coefficient (Wildman–Crippen LogP) is 3.07. The second kappa shape index (κ2) is 8.52. The average molecular weight is 438 g/mol. The van der Waals surface area contributed by atoms with Crippen molar-refractivity contribution in [1.29, 1.82) is 0 Å². The third-order valence-corrected chi connectivity index (χ3v) is 6.70. The fraction of sp³-hybridized carbons (Fsp3) is 0.571. The number of carbonyl (C=O) groups excluding carboxylic acids is 3. The molecule has 29 heavy (non-hydrogen) atoms. The van der Waals surface area contributed by atoms with Gasteiger partial charge in [0.25, 0.3) is 5.91 Å². The van der Waals surface area contributed by atoms with E-state index in [1.807, 2.05) is 4.90 Å². The standard InChI is InChI=1S/C21H25Cl2N3O3/c22-16-11-15(12-17(23)13-16)20(28)26-6-2-5-18(26)21(29)25-9-7-24(8-10-25)19(27)14-3-1-4-14/h11-14,18H,1-10H2. The van der Waals surface area contributed by atoms with Crippen LogP contribution >= 0.6 is 23.2 Å². The van der Waals surface area contributed by atoms with Gasteiger partial charge in [-0.05, 0) is 43.9 Å². The number of nitrogens with zero attached hydrogens (tertiary/aromatic N) is 3. The summed E-state index contributed by atoms with van der Waals surface area (Å²) >= 11 is 12.1. The number of hydrogen-bond acceptors (Lipinski definition) is 3. The first-order valence-corrected chi connectivity index (χ1v) is 11.0. The fourth-order valence-electron chi connectivity index (χ4n) is 4.38. The van der Waals surface area contributed by atoms with Gasteiger partial charge in [0.2, 0.25) is 11.8 Å². The summed E-state index contributed by atoms with van der Waals surface area (Å²) in [7, 11) is 0. The monoisotopic (exact) mass is 437 g/mol. The SMILES string of the molecule is O=C(C1CCC1)N1CCN(C(=O)C2CCCN2C(=O)c2cc(Cl)cc(Cl)c2)CC1. The molecular weight excluding hydrogens is 413 g/mol. The van der Waals surface area contributed by atoms with E-state index in [4.69, 9.17) is 23.2 Å². The second-order valence-electron chi connectivity index (χ2n) is 8.09. The normalized spacial score (nSPS) is 22.6. The van der Waals surface area contributed by atoms with Gasteiger partial charge in [-0.1, -0.05) is 29.6 Å². The van der Waals surface area contributed by atoms with Crippen molar-refractivity contribution < 1.29 is 14.4 Å². The molecule has 0 radical (unpaired) electrons. The summed E-state index contributed by atoms with van der Waals surface area (Å²) in [6.45, 7) is 2.74. The third kappa shape index (κ3) is 4.24. The van der Waals surface area contributed by atoms with Crippen LogP contribution in [-0.4, -0.2) is 71.2 Å². The van der Waals surface area contributed by atoms with Gasteiger partial charge in [0.05, 0.1) is 0 Å². The molecule has 2 heterocycles. The Bertz CT molecular complexity index is 799. The zero-order valence-electron chi connectivity index (χ0n) is 16.3. The largest absolute Gasteiger partial charge is 0.339 e. The highest BCUT2D eigenvalue weighted by atomic mass is 35.5. The molecule has 6 nitrogen and oxygen atoms in total. The van der Waals surface area contributed by atoms with Crippen LogP contribution in [0.25, 0.3) is 0 Å². The molecule has 0 N–H and O–H groups in total. The molecule has 0 spiro atoms. The first-order valence-electron chi connectivity index (χ1n) is 10.3. The van der Waals surface area contributed by atoms with Crippen molar-refractivity contribution in [3.63, 3.8) is 0 Å². The molecule has 1 unspecified atom stereocenters. The van der Waals surface area contributed by atoms with Crippen LogP contribution in [0.15, 0.2) is 18.2 Å². The van der Waals surface area contributed by atoms with E-state index in [-0.39, 0.29) is 23.6 Å². The molecule has 3 fully saturated rings. The van der Waals surface area contributed by atoms with Crippen molar-refractivity contribution in [3.8, 4) is 0 Å².